The summed E-state index contributed by atoms with van der Waals surface area (Å²) in [5.74, 6) is 0.888. The number of aliphatic carboxylic acids is 1. The van der Waals surface area contributed by atoms with E-state index in [9.17, 15) is 19.5 Å². The molecular formula is C27H23NO7S. The Balaban J connectivity index is 1.47. The molecule has 1 atom stereocenters. The van der Waals surface area contributed by atoms with Crippen LogP contribution in [0.1, 0.15) is 16.7 Å². The normalized spacial score (nSPS) is 15.4. The van der Waals surface area contributed by atoms with Gasteiger partial charge in [-0.25, -0.2) is 4.79 Å². The van der Waals surface area contributed by atoms with Gasteiger partial charge in [0.2, 0.25) is 5.91 Å². The Bertz CT molecular complexity index is 1290. The van der Waals surface area contributed by atoms with Crippen molar-refractivity contribution in [2.45, 2.75) is 11.7 Å². The number of carboxylic acid groups (broad SMARTS) is 1. The van der Waals surface area contributed by atoms with E-state index >= 15 is 0 Å². The van der Waals surface area contributed by atoms with Gasteiger partial charge < -0.3 is 19.3 Å². The third kappa shape index (κ3) is 6.05. The smallest absolute Gasteiger partial charge is 0.336 e. The number of hydrogen-bond acceptors (Lipinski definition) is 7. The largest absolute Gasteiger partial charge is 0.497 e. The Morgan fingerprint density at radius 3 is 2.00 bits per heavy atom. The van der Waals surface area contributed by atoms with Crippen LogP contribution in [-0.4, -0.2) is 41.7 Å². The zero-order valence-corrected chi connectivity index (χ0v) is 20.3. The van der Waals surface area contributed by atoms with Crippen molar-refractivity contribution < 1.29 is 33.7 Å². The molecule has 36 heavy (non-hydrogen) atoms. The zero-order valence-electron chi connectivity index (χ0n) is 19.5. The molecule has 1 heterocycles. The molecule has 0 aromatic heterocycles. The molecule has 0 saturated carbocycles. The molecule has 0 aliphatic carbocycles. The lowest BCUT2D eigenvalue weighted by Crippen LogP contribution is -2.25. The highest BCUT2D eigenvalue weighted by molar-refractivity contribution is 8.15. The predicted molar refractivity (Wildman–Crippen MR) is 137 cm³/mol. The molecule has 1 saturated heterocycles. The van der Waals surface area contributed by atoms with Crippen LogP contribution in [0.3, 0.4) is 0 Å². The highest BCUT2D eigenvalue weighted by atomic mass is 32.2. The van der Waals surface area contributed by atoms with E-state index in [1.54, 1.807) is 60.7 Å². The minimum absolute atomic E-state index is 0.105. The Morgan fingerprint density at radius 2 is 1.50 bits per heavy atom. The number of imide groups is 1. The van der Waals surface area contributed by atoms with Crippen LogP contribution in [0.4, 0.5) is 4.79 Å². The summed E-state index contributed by atoms with van der Waals surface area (Å²) in [6.45, 7) is 0. The molecule has 1 aliphatic rings. The minimum atomic E-state index is -1.07. The first kappa shape index (κ1) is 24.9. The van der Waals surface area contributed by atoms with Crippen LogP contribution < -0.4 is 19.5 Å². The minimum Gasteiger partial charge on any atom is -0.497 e. The molecular weight excluding hydrogens is 482 g/mol. The highest BCUT2D eigenvalue weighted by Crippen LogP contribution is 2.29. The Kier molecular flexibility index (Phi) is 7.60. The average molecular weight is 506 g/mol. The van der Waals surface area contributed by atoms with Crippen LogP contribution in [0.2, 0.25) is 0 Å². The number of amides is 2. The molecule has 2 N–H and O–H groups in total. The molecule has 0 spiro atoms. The van der Waals surface area contributed by atoms with Gasteiger partial charge >= 0.3 is 5.97 Å². The lowest BCUT2D eigenvalue weighted by Gasteiger charge is -2.10. The lowest BCUT2D eigenvalue weighted by molar-refractivity contribution is -0.130. The Hall–Kier alpha value is -4.24. The maximum atomic E-state index is 12.0. The number of nitrogens with one attached hydrogen (secondary N) is 1. The lowest BCUT2D eigenvalue weighted by atomic mass is 10.0. The summed E-state index contributed by atoms with van der Waals surface area (Å²) in [5.41, 5.74) is 2.15. The van der Waals surface area contributed by atoms with Gasteiger partial charge in [-0.05, 0) is 65.6 Å². The molecule has 4 rings (SSSR count). The molecule has 3 aromatic carbocycles. The van der Waals surface area contributed by atoms with Crippen LogP contribution in [-0.2, 0) is 16.0 Å². The number of ether oxygens (including phenoxy) is 3. The highest BCUT2D eigenvalue weighted by Gasteiger charge is 2.31. The summed E-state index contributed by atoms with van der Waals surface area (Å²) in [5, 5.41) is 11.3. The van der Waals surface area contributed by atoms with Gasteiger partial charge in [0.15, 0.2) is 0 Å². The van der Waals surface area contributed by atoms with Crippen LogP contribution in [0.5, 0.6) is 23.0 Å². The van der Waals surface area contributed by atoms with Crippen LogP contribution in [0.15, 0.2) is 66.7 Å². The third-order valence-corrected chi connectivity index (χ3v) is 6.41. The van der Waals surface area contributed by atoms with Crippen LogP contribution in [0.25, 0.3) is 11.6 Å². The van der Waals surface area contributed by atoms with E-state index in [1.165, 1.54) is 14.2 Å². The number of carbonyl (C=O) groups excluding carboxylic acids is 2. The quantitative estimate of drug-likeness (QED) is 0.308. The first-order valence-corrected chi connectivity index (χ1v) is 11.8. The molecule has 8 nitrogen and oxygen atoms in total. The van der Waals surface area contributed by atoms with E-state index in [0.717, 1.165) is 17.3 Å². The van der Waals surface area contributed by atoms with Gasteiger partial charge in [-0.3, -0.25) is 14.9 Å². The summed E-state index contributed by atoms with van der Waals surface area (Å²) in [7, 11) is 3.06. The number of thioether (sulfide) groups is 1. The van der Waals surface area contributed by atoms with Gasteiger partial charge in [0.05, 0.1) is 25.0 Å². The van der Waals surface area contributed by atoms with Crippen molar-refractivity contribution in [3.8, 4) is 23.0 Å². The van der Waals surface area contributed by atoms with E-state index in [4.69, 9.17) is 14.2 Å². The third-order valence-electron chi connectivity index (χ3n) is 5.43. The zero-order chi connectivity index (χ0) is 25.7. The fourth-order valence-corrected chi connectivity index (χ4v) is 4.48. The van der Waals surface area contributed by atoms with E-state index in [0.29, 0.717) is 40.5 Å². The topological polar surface area (TPSA) is 111 Å². The van der Waals surface area contributed by atoms with Gasteiger partial charge in [0.25, 0.3) is 5.24 Å². The second-order valence-electron chi connectivity index (χ2n) is 7.87. The molecule has 0 radical (unpaired) electrons. The number of benzene rings is 3. The number of methoxy groups -OCH3 is 2. The summed E-state index contributed by atoms with van der Waals surface area (Å²) in [6.07, 6.45) is 2.00. The van der Waals surface area contributed by atoms with Crippen molar-refractivity contribution in [1.82, 2.24) is 5.32 Å². The molecule has 0 bridgehead atoms. The van der Waals surface area contributed by atoms with Gasteiger partial charge in [-0.15, -0.1) is 0 Å². The molecule has 184 valence electrons. The number of rotatable bonds is 9. The van der Waals surface area contributed by atoms with E-state index in [2.05, 4.69) is 5.32 Å². The molecule has 1 fully saturated rings. The fourth-order valence-electron chi connectivity index (χ4n) is 3.62. The van der Waals surface area contributed by atoms with Gasteiger partial charge in [-0.1, -0.05) is 36.0 Å². The summed E-state index contributed by atoms with van der Waals surface area (Å²) >= 11 is 0.995. The first-order valence-electron chi connectivity index (χ1n) is 10.9. The Labute approximate surface area is 211 Å². The average Bonchev–Trinajstić information content (AvgIpc) is 3.20. The fraction of sp³-hybridized carbons (Fsp3) is 0.148. The monoisotopic (exact) mass is 505 g/mol. The summed E-state index contributed by atoms with van der Waals surface area (Å²) in [6, 6.07) is 19.1. The summed E-state index contributed by atoms with van der Waals surface area (Å²) in [4.78, 5) is 35.0. The molecule has 1 unspecified atom stereocenters. The van der Waals surface area contributed by atoms with Crippen LogP contribution in [0, 0.1) is 0 Å². The van der Waals surface area contributed by atoms with Gasteiger partial charge in [-0.2, -0.15) is 0 Å². The number of hydrogen-bond donors (Lipinski definition) is 2. The van der Waals surface area contributed by atoms with Crippen molar-refractivity contribution >= 4 is 40.5 Å². The van der Waals surface area contributed by atoms with Crippen molar-refractivity contribution in [1.29, 1.82) is 0 Å². The first-order chi connectivity index (χ1) is 17.3. The summed E-state index contributed by atoms with van der Waals surface area (Å²) < 4.78 is 16.4. The second kappa shape index (κ2) is 11.0. The SMILES string of the molecule is COc1cc(/C=C(/C(=O)O)c2ccc(Oc3ccc(CC4SC(=O)NC4=O)cc3)cc2)cc(OC)c1. The van der Waals surface area contributed by atoms with E-state index in [1.807, 2.05) is 12.1 Å². The second-order valence-corrected chi connectivity index (χ2v) is 9.04. The maximum absolute atomic E-state index is 12.0. The van der Waals surface area contributed by atoms with E-state index < -0.39 is 11.2 Å². The molecule has 1 aliphatic heterocycles. The molecule has 2 amide bonds. The Morgan fingerprint density at radius 1 is 0.917 bits per heavy atom. The van der Waals surface area contributed by atoms with Crippen molar-refractivity contribution in [3.63, 3.8) is 0 Å². The van der Waals surface area contributed by atoms with Crippen molar-refractivity contribution in [2.24, 2.45) is 0 Å². The maximum Gasteiger partial charge on any atom is 0.336 e. The number of carbonyl (C=O) groups is 3. The van der Waals surface area contributed by atoms with Crippen molar-refractivity contribution in [3.05, 3.63) is 83.4 Å². The number of carboxylic acids is 1. The van der Waals surface area contributed by atoms with Crippen molar-refractivity contribution in [2.75, 3.05) is 14.2 Å². The van der Waals surface area contributed by atoms with Gasteiger partial charge in [0, 0.05) is 6.07 Å². The molecule has 3 aromatic rings. The van der Waals surface area contributed by atoms with E-state index in [-0.39, 0.29) is 16.7 Å². The standard InChI is InChI=1S/C27H23NO7S/c1-33-21-11-17(12-22(15-21)34-2)13-23(26(30)31)18-5-9-20(10-6-18)35-19-7-3-16(4-8-19)14-24-25(29)28-27(32)36-24/h3-13,15,24H,14H2,1-2H3,(H,30,31)(H,28,29,32)/b23-13+. The predicted octanol–water partition coefficient (Wildman–Crippen LogP) is 5.02. The van der Waals surface area contributed by atoms with Gasteiger partial charge in [0.1, 0.15) is 23.0 Å². The molecule has 9 heteroatoms. The van der Waals surface area contributed by atoms with Crippen LogP contribution >= 0.6 is 11.8 Å².